The first-order valence-electron chi connectivity index (χ1n) is 8.68. The molecule has 1 saturated heterocycles. The first kappa shape index (κ1) is 21.6. The molecule has 1 N–H and O–H groups in total. The van der Waals surface area contributed by atoms with Crippen molar-refractivity contribution in [3.63, 3.8) is 0 Å². The highest BCUT2D eigenvalue weighted by Crippen LogP contribution is 2.36. The summed E-state index contributed by atoms with van der Waals surface area (Å²) in [6.45, 7) is 0. The zero-order valence-corrected chi connectivity index (χ0v) is 18.5. The normalized spacial score (nSPS) is 18.6. The molecule has 0 saturated carbocycles. The number of hydrogen-bond donors (Lipinski definition) is 1. The molecule has 3 amide bonds. The Kier molecular flexibility index (Phi) is 6.51. The summed E-state index contributed by atoms with van der Waals surface area (Å²) in [5.74, 6) is -1.11. The zero-order chi connectivity index (χ0) is 21.2. The molecule has 0 aromatic heterocycles. The number of likely N-dealkylation sites (tertiary alicyclic amines) is 1. The van der Waals surface area contributed by atoms with Crippen molar-refractivity contribution in [1.29, 1.82) is 0 Å². The molecule has 29 heavy (non-hydrogen) atoms. The number of benzene rings is 2. The van der Waals surface area contributed by atoms with Crippen LogP contribution in [0.25, 0.3) is 0 Å². The Morgan fingerprint density at radius 1 is 1.17 bits per heavy atom. The molecule has 0 radical (unpaired) electrons. The molecule has 152 valence electrons. The van der Waals surface area contributed by atoms with Crippen molar-refractivity contribution < 1.29 is 19.1 Å². The van der Waals surface area contributed by atoms with Gasteiger partial charge in [-0.2, -0.15) is 0 Å². The monoisotopic (exact) mass is 498 g/mol. The lowest BCUT2D eigenvalue weighted by Crippen LogP contribution is -2.57. The second kappa shape index (κ2) is 8.73. The number of nitrogens with zero attached hydrogens (tertiary/aromatic N) is 1. The summed E-state index contributed by atoms with van der Waals surface area (Å²) < 4.78 is 5.86. The number of ether oxygens (including phenoxy) is 1. The molecule has 0 spiro atoms. The summed E-state index contributed by atoms with van der Waals surface area (Å²) in [6, 6.07) is 11.1. The van der Waals surface area contributed by atoms with Crippen LogP contribution in [0.1, 0.15) is 18.4 Å². The van der Waals surface area contributed by atoms with E-state index in [1.807, 2.05) is 24.3 Å². The number of nitrogens with one attached hydrogen (secondary N) is 1. The van der Waals surface area contributed by atoms with Crippen molar-refractivity contribution in [3.8, 4) is 0 Å². The van der Waals surface area contributed by atoms with Gasteiger partial charge in [0.1, 0.15) is 0 Å². The van der Waals surface area contributed by atoms with Crippen LogP contribution in [0.4, 0.5) is 10.5 Å². The van der Waals surface area contributed by atoms with Gasteiger partial charge in [-0.05, 0) is 42.3 Å². The van der Waals surface area contributed by atoms with Crippen LogP contribution < -0.4 is 5.32 Å². The summed E-state index contributed by atoms with van der Waals surface area (Å²) in [6.07, 6.45) is 0.357. The topological polar surface area (TPSA) is 75.7 Å². The molecule has 1 fully saturated rings. The van der Waals surface area contributed by atoms with Gasteiger partial charge in [-0.25, -0.2) is 14.5 Å². The van der Waals surface area contributed by atoms with Gasteiger partial charge < -0.3 is 10.1 Å². The van der Waals surface area contributed by atoms with Crippen molar-refractivity contribution in [1.82, 2.24) is 4.90 Å². The van der Waals surface area contributed by atoms with Gasteiger partial charge in [-0.3, -0.25) is 4.79 Å². The maximum Gasteiger partial charge on any atom is 0.332 e. The minimum atomic E-state index is -1.44. The SMILES string of the molecule is COC(=O)C1(Cc2ccc(Br)cc2)CCC(=O)N1C(=O)Nc1cc(Cl)cc(Cl)c1. The third-order valence-electron chi connectivity index (χ3n) is 4.72. The van der Waals surface area contributed by atoms with E-state index in [0.717, 1.165) is 14.9 Å². The molecular formula is C20H17BrCl2N2O4. The highest BCUT2D eigenvalue weighted by molar-refractivity contribution is 9.10. The molecule has 2 aromatic carbocycles. The fraction of sp³-hybridized carbons (Fsp3) is 0.250. The molecular weight excluding hydrogens is 483 g/mol. The number of halogens is 3. The second-order valence-electron chi connectivity index (χ2n) is 6.64. The molecule has 3 rings (SSSR count). The van der Waals surface area contributed by atoms with Gasteiger partial charge >= 0.3 is 12.0 Å². The minimum Gasteiger partial charge on any atom is -0.467 e. The molecule has 0 aliphatic carbocycles. The van der Waals surface area contributed by atoms with Crippen LogP contribution in [0, 0.1) is 0 Å². The van der Waals surface area contributed by atoms with E-state index in [1.54, 1.807) is 0 Å². The molecule has 1 heterocycles. The second-order valence-corrected chi connectivity index (χ2v) is 8.43. The minimum absolute atomic E-state index is 0.0509. The smallest absolute Gasteiger partial charge is 0.332 e. The van der Waals surface area contributed by atoms with Crippen LogP contribution in [0.2, 0.25) is 10.0 Å². The number of carbonyl (C=O) groups excluding carboxylic acids is 3. The average molecular weight is 500 g/mol. The molecule has 1 aliphatic rings. The van der Waals surface area contributed by atoms with E-state index in [9.17, 15) is 14.4 Å². The highest BCUT2D eigenvalue weighted by atomic mass is 79.9. The van der Waals surface area contributed by atoms with Gasteiger partial charge in [-0.1, -0.05) is 51.3 Å². The number of esters is 1. The van der Waals surface area contributed by atoms with Crippen molar-refractivity contribution in [2.75, 3.05) is 12.4 Å². The lowest BCUT2D eigenvalue weighted by atomic mass is 9.88. The van der Waals surface area contributed by atoms with Gasteiger partial charge in [0.2, 0.25) is 5.91 Å². The summed E-state index contributed by atoms with van der Waals surface area (Å²) in [5.41, 5.74) is -0.335. The molecule has 1 unspecified atom stereocenters. The van der Waals surface area contributed by atoms with E-state index in [-0.39, 0.29) is 19.3 Å². The Balaban J connectivity index is 1.95. The van der Waals surface area contributed by atoms with Crippen LogP contribution in [-0.2, 0) is 20.7 Å². The Labute approximate surface area is 186 Å². The fourth-order valence-electron chi connectivity index (χ4n) is 3.45. The molecule has 6 nitrogen and oxygen atoms in total. The summed E-state index contributed by atoms with van der Waals surface area (Å²) in [4.78, 5) is 39.4. The molecule has 0 bridgehead atoms. The lowest BCUT2D eigenvalue weighted by Gasteiger charge is -2.34. The van der Waals surface area contributed by atoms with Crippen molar-refractivity contribution >= 4 is 62.7 Å². The number of amides is 3. The maximum absolute atomic E-state index is 13.0. The standard InChI is InChI=1S/C20H17BrCl2N2O4/c1-29-18(27)20(11-12-2-4-13(21)5-3-12)7-6-17(26)25(20)19(28)24-16-9-14(22)8-15(23)10-16/h2-5,8-10H,6-7,11H2,1H3,(H,24,28). The number of carbonyl (C=O) groups is 3. The van der Waals surface area contributed by atoms with E-state index in [4.69, 9.17) is 27.9 Å². The number of hydrogen-bond acceptors (Lipinski definition) is 4. The Morgan fingerprint density at radius 3 is 2.38 bits per heavy atom. The molecule has 1 aliphatic heterocycles. The molecule has 2 aromatic rings. The summed E-state index contributed by atoms with van der Waals surface area (Å²) in [5, 5.41) is 3.26. The number of rotatable bonds is 4. The largest absolute Gasteiger partial charge is 0.467 e. The van der Waals surface area contributed by atoms with Crippen molar-refractivity contribution in [3.05, 3.63) is 62.5 Å². The average Bonchev–Trinajstić information content (AvgIpc) is 2.99. The van der Waals surface area contributed by atoms with Crippen LogP contribution in [0.15, 0.2) is 46.9 Å². The quantitative estimate of drug-likeness (QED) is 0.596. The van der Waals surface area contributed by atoms with E-state index in [0.29, 0.717) is 15.7 Å². The van der Waals surface area contributed by atoms with E-state index in [1.165, 1.54) is 25.3 Å². The Morgan fingerprint density at radius 2 is 1.79 bits per heavy atom. The molecule has 1 atom stereocenters. The number of imide groups is 1. The summed E-state index contributed by atoms with van der Waals surface area (Å²) >= 11 is 15.3. The number of methoxy groups -OCH3 is 1. The van der Waals surface area contributed by atoms with E-state index >= 15 is 0 Å². The zero-order valence-electron chi connectivity index (χ0n) is 15.4. The predicted molar refractivity (Wildman–Crippen MR) is 114 cm³/mol. The van der Waals surface area contributed by atoms with Gasteiger partial charge in [0.25, 0.3) is 0 Å². The third-order valence-corrected chi connectivity index (χ3v) is 5.69. The van der Waals surface area contributed by atoms with Gasteiger partial charge in [0.05, 0.1) is 7.11 Å². The van der Waals surface area contributed by atoms with Gasteiger partial charge in [0, 0.05) is 33.0 Å². The maximum atomic E-state index is 13.0. The molecule has 9 heteroatoms. The summed E-state index contributed by atoms with van der Waals surface area (Å²) in [7, 11) is 1.24. The predicted octanol–water partition coefficient (Wildman–Crippen LogP) is 5.06. The van der Waals surface area contributed by atoms with E-state index in [2.05, 4.69) is 21.2 Å². The van der Waals surface area contributed by atoms with Crippen molar-refractivity contribution in [2.45, 2.75) is 24.8 Å². The Hall–Kier alpha value is -2.09. The number of urea groups is 1. The van der Waals surface area contributed by atoms with E-state index < -0.39 is 23.4 Å². The Bertz CT molecular complexity index is 947. The van der Waals surface area contributed by atoms with Crippen LogP contribution >= 0.6 is 39.1 Å². The van der Waals surface area contributed by atoms with Crippen LogP contribution in [0.5, 0.6) is 0 Å². The first-order valence-corrected chi connectivity index (χ1v) is 10.2. The number of anilines is 1. The van der Waals surface area contributed by atoms with Crippen molar-refractivity contribution in [2.24, 2.45) is 0 Å². The van der Waals surface area contributed by atoms with Crippen LogP contribution in [0.3, 0.4) is 0 Å². The highest BCUT2D eigenvalue weighted by Gasteiger charge is 2.55. The lowest BCUT2D eigenvalue weighted by molar-refractivity contribution is -0.154. The van der Waals surface area contributed by atoms with Gasteiger partial charge in [-0.15, -0.1) is 0 Å². The van der Waals surface area contributed by atoms with Gasteiger partial charge in [0.15, 0.2) is 5.54 Å². The van der Waals surface area contributed by atoms with Crippen LogP contribution in [-0.4, -0.2) is 35.5 Å². The first-order chi connectivity index (χ1) is 13.7. The fourth-order valence-corrected chi connectivity index (χ4v) is 4.24. The third kappa shape index (κ3) is 4.57.